The number of nitrogens with one attached hydrogen (secondary N) is 1. The molecule has 1 aliphatic heterocycles. The number of amides is 1. The van der Waals surface area contributed by atoms with Crippen molar-refractivity contribution in [1.29, 1.82) is 5.26 Å². The third-order valence-corrected chi connectivity index (χ3v) is 4.67. The smallest absolute Gasteiger partial charge is 0.225 e. The normalized spacial score (nSPS) is 22.2. The molecular formula is C13H23N3O3S. The number of hydrogen-bond acceptors (Lipinski definition) is 4. The van der Waals surface area contributed by atoms with Crippen molar-refractivity contribution in [2.45, 2.75) is 39.2 Å². The molecular weight excluding hydrogens is 278 g/mol. The lowest BCUT2D eigenvalue weighted by molar-refractivity contribution is -0.126. The maximum Gasteiger partial charge on any atom is 0.225 e. The standard InChI is InChI=1S/C13H23N3O3S/c1-10(2)7-12(8-14)15-13(17)11-5-4-6-16(9-11)20(3,18)19/h10-12H,4-7,9H2,1-3H3,(H,15,17)/t11-,12-/m0/s1. The third kappa shape index (κ3) is 5.10. The molecule has 114 valence electrons. The highest BCUT2D eigenvalue weighted by Gasteiger charge is 2.31. The van der Waals surface area contributed by atoms with Gasteiger partial charge < -0.3 is 5.32 Å². The molecule has 1 amide bonds. The van der Waals surface area contributed by atoms with E-state index in [4.69, 9.17) is 5.26 Å². The molecule has 1 fully saturated rings. The van der Waals surface area contributed by atoms with E-state index in [0.29, 0.717) is 31.7 Å². The Morgan fingerprint density at radius 2 is 2.15 bits per heavy atom. The van der Waals surface area contributed by atoms with Crippen LogP contribution in [-0.2, 0) is 14.8 Å². The largest absolute Gasteiger partial charge is 0.340 e. The van der Waals surface area contributed by atoms with Gasteiger partial charge in [0, 0.05) is 13.1 Å². The fourth-order valence-corrected chi connectivity index (χ4v) is 3.27. The van der Waals surface area contributed by atoms with Gasteiger partial charge in [0.05, 0.1) is 18.2 Å². The predicted octanol–water partition coefficient (Wildman–Crippen LogP) is 0.712. The summed E-state index contributed by atoms with van der Waals surface area (Å²) < 4.78 is 24.4. The minimum absolute atomic E-state index is 0.213. The molecule has 1 rings (SSSR count). The molecule has 0 aromatic rings. The van der Waals surface area contributed by atoms with Crippen molar-refractivity contribution in [2.24, 2.45) is 11.8 Å². The molecule has 1 N–H and O–H groups in total. The molecule has 2 atom stereocenters. The maximum absolute atomic E-state index is 12.1. The first-order valence-corrected chi connectivity index (χ1v) is 8.74. The molecule has 0 unspecified atom stereocenters. The summed E-state index contributed by atoms with van der Waals surface area (Å²) in [5.41, 5.74) is 0. The number of sulfonamides is 1. The van der Waals surface area contributed by atoms with Gasteiger partial charge in [0.15, 0.2) is 0 Å². The Bertz CT molecular complexity index is 482. The summed E-state index contributed by atoms with van der Waals surface area (Å²) >= 11 is 0. The Hall–Kier alpha value is -1.13. The number of carbonyl (C=O) groups excluding carboxylic acids is 1. The quantitative estimate of drug-likeness (QED) is 0.810. The van der Waals surface area contributed by atoms with E-state index in [0.717, 1.165) is 6.26 Å². The molecule has 0 aliphatic carbocycles. The zero-order chi connectivity index (χ0) is 15.3. The Labute approximate surface area is 121 Å². The zero-order valence-corrected chi connectivity index (χ0v) is 13.1. The first kappa shape index (κ1) is 16.9. The number of nitrogens with zero attached hydrogens (tertiary/aromatic N) is 2. The van der Waals surface area contributed by atoms with Crippen LogP contribution in [0.15, 0.2) is 0 Å². The van der Waals surface area contributed by atoms with Crippen molar-refractivity contribution in [2.75, 3.05) is 19.3 Å². The van der Waals surface area contributed by atoms with Crippen molar-refractivity contribution in [3.8, 4) is 6.07 Å². The molecule has 1 heterocycles. The third-order valence-electron chi connectivity index (χ3n) is 3.40. The van der Waals surface area contributed by atoms with Crippen LogP contribution in [-0.4, -0.2) is 44.0 Å². The van der Waals surface area contributed by atoms with Crippen LogP contribution in [0.2, 0.25) is 0 Å². The SMILES string of the molecule is CC(C)C[C@@H](C#N)NC(=O)[C@H]1CCCN(S(C)(=O)=O)C1. The highest BCUT2D eigenvalue weighted by atomic mass is 32.2. The van der Waals surface area contributed by atoms with Crippen LogP contribution in [0.5, 0.6) is 0 Å². The number of carbonyl (C=O) groups is 1. The Balaban J connectivity index is 2.61. The van der Waals surface area contributed by atoms with Gasteiger partial charge in [-0.1, -0.05) is 13.8 Å². The summed E-state index contributed by atoms with van der Waals surface area (Å²) in [6.07, 6.45) is 3.10. The minimum Gasteiger partial charge on any atom is -0.340 e. The molecule has 1 aliphatic rings. The Morgan fingerprint density at radius 1 is 1.50 bits per heavy atom. The first-order chi connectivity index (χ1) is 9.24. The van der Waals surface area contributed by atoms with E-state index in [1.165, 1.54) is 4.31 Å². The highest BCUT2D eigenvalue weighted by Crippen LogP contribution is 2.19. The Kier molecular flexibility index (Phi) is 5.96. The van der Waals surface area contributed by atoms with Gasteiger partial charge in [0.1, 0.15) is 6.04 Å². The molecule has 20 heavy (non-hydrogen) atoms. The summed E-state index contributed by atoms with van der Waals surface area (Å²) in [7, 11) is -3.26. The second-order valence-electron chi connectivity index (χ2n) is 5.78. The lowest BCUT2D eigenvalue weighted by Crippen LogP contribution is -2.47. The van der Waals surface area contributed by atoms with Crippen molar-refractivity contribution < 1.29 is 13.2 Å². The predicted molar refractivity (Wildman–Crippen MR) is 76.1 cm³/mol. The van der Waals surface area contributed by atoms with Crippen LogP contribution in [0, 0.1) is 23.2 Å². The van der Waals surface area contributed by atoms with Crippen LogP contribution < -0.4 is 5.32 Å². The molecule has 0 spiro atoms. The molecule has 0 saturated carbocycles. The molecule has 7 heteroatoms. The van der Waals surface area contributed by atoms with Crippen molar-refractivity contribution in [3.63, 3.8) is 0 Å². The van der Waals surface area contributed by atoms with Gasteiger partial charge >= 0.3 is 0 Å². The van der Waals surface area contributed by atoms with Crippen LogP contribution >= 0.6 is 0 Å². The summed E-state index contributed by atoms with van der Waals surface area (Å²) in [5, 5.41) is 11.8. The van der Waals surface area contributed by atoms with E-state index in [1.807, 2.05) is 13.8 Å². The van der Waals surface area contributed by atoms with Crippen molar-refractivity contribution in [1.82, 2.24) is 9.62 Å². The lowest BCUT2D eigenvalue weighted by atomic mass is 9.97. The van der Waals surface area contributed by atoms with E-state index in [1.54, 1.807) is 0 Å². The number of piperidine rings is 1. The van der Waals surface area contributed by atoms with Crippen LogP contribution in [0.1, 0.15) is 33.1 Å². The summed E-state index contributed by atoms with van der Waals surface area (Å²) in [6.45, 7) is 4.66. The second kappa shape index (κ2) is 7.04. The first-order valence-electron chi connectivity index (χ1n) is 6.89. The zero-order valence-electron chi connectivity index (χ0n) is 12.3. The van der Waals surface area contributed by atoms with Crippen molar-refractivity contribution >= 4 is 15.9 Å². The molecule has 0 bridgehead atoms. The summed E-state index contributed by atoms with van der Waals surface area (Å²) in [4.78, 5) is 12.1. The van der Waals surface area contributed by atoms with E-state index >= 15 is 0 Å². The van der Waals surface area contributed by atoms with E-state index < -0.39 is 16.1 Å². The van der Waals surface area contributed by atoms with Gasteiger partial charge in [-0.2, -0.15) is 5.26 Å². The summed E-state index contributed by atoms with van der Waals surface area (Å²) in [5.74, 6) is -0.258. The van der Waals surface area contributed by atoms with Crippen LogP contribution in [0.4, 0.5) is 0 Å². The van der Waals surface area contributed by atoms with Gasteiger partial charge in [-0.05, 0) is 25.2 Å². The van der Waals surface area contributed by atoms with Gasteiger partial charge in [-0.3, -0.25) is 4.79 Å². The molecule has 0 aromatic carbocycles. The molecule has 6 nitrogen and oxygen atoms in total. The van der Waals surface area contributed by atoms with E-state index in [2.05, 4.69) is 11.4 Å². The average molecular weight is 301 g/mol. The van der Waals surface area contributed by atoms with Crippen LogP contribution in [0.25, 0.3) is 0 Å². The maximum atomic E-state index is 12.1. The highest BCUT2D eigenvalue weighted by molar-refractivity contribution is 7.88. The molecule has 0 radical (unpaired) electrons. The number of hydrogen-bond donors (Lipinski definition) is 1. The number of rotatable bonds is 5. The van der Waals surface area contributed by atoms with Gasteiger partial charge in [0.25, 0.3) is 0 Å². The minimum atomic E-state index is -3.26. The second-order valence-corrected chi connectivity index (χ2v) is 7.76. The van der Waals surface area contributed by atoms with Gasteiger partial charge in [0.2, 0.25) is 15.9 Å². The molecule has 1 saturated heterocycles. The van der Waals surface area contributed by atoms with Crippen LogP contribution in [0.3, 0.4) is 0 Å². The number of nitriles is 1. The molecule has 0 aromatic heterocycles. The van der Waals surface area contributed by atoms with E-state index in [9.17, 15) is 13.2 Å². The monoisotopic (exact) mass is 301 g/mol. The van der Waals surface area contributed by atoms with E-state index in [-0.39, 0.29) is 18.4 Å². The van der Waals surface area contributed by atoms with Gasteiger partial charge in [-0.15, -0.1) is 0 Å². The fraction of sp³-hybridized carbons (Fsp3) is 0.846. The van der Waals surface area contributed by atoms with Gasteiger partial charge in [-0.25, -0.2) is 12.7 Å². The fourth-order valence-electron chi connectivity index (χ4n) is 2.36. The lowest BCUT2D eigenvalue weighted by Gasteiger charge is -2.30. The van der Waals surface area contributed by atoms with Crippen molar-refractivity contribution in [3.05, 3.63) is 0 Å². The Morgan fingerprint density at radius 3 is 2.65 bits per heavy atom. The summed E-state index contributed by atoms with van der Waals surface area (Å²) in [6, 6.07) is 1.58. The topological polar surface area (TPSA) is 90.3 Å². The average Bonchev–Trinajstić information content (AvgIpc) is 2.36.